The number of ether oxygens (including phenoxy) is 2. The summed E-state index contributed by atoms with van der Waals surface area (Å²) in [5.41, 5.74) is -0.991. The second-order valence-corrected chi connectivity index (χ2v) is 11.6. The van der Waals surface area contributed by atoms with Crippen LogP contribution in [-0.2, 0) is 21.5 Å². The number of hydrogen-bond donors (Lipinski definition) is 1. The van der Waals surface area contributed by atoms with Gasteiger partial charge in [-0.05, 0) is 57.4 Å². The van der Waals surface area contributed by atoms with Crippen LogP contribution in [0.3, 0.4) is 0 Å². The van der Waals surface area contributed by atoms with E-state index >= 15 is 0 Å². The van der Waals surface area contributed by atoms with Crippen LogP contribution in [0.1, 0.15) is 68.9 Å². The summed E-state index contributed by atoms with van der Waals surface area (Å²) in [7, 11) is 1.52. The van der Waals surface area contributed by atoms with Gasteiger partial charge in [0.05, 0.1) is 36.2 Å². The van der Waals surface area contributed by atoms with Crippen molar-refractivity contribution < 1.29 is 28.2 Å². The van der Waals surface area contributed by atoms with Crippen LogP contribution in [0.2, 0.25) is 0 Å². The fourth-order valence-corrected chi connectivity index (χ4v) is 6.42. The van der Waals surface area contributed by atoms with E-state index in [-0.39, 0.29) is 18.3 Å². The second kappa shape index (κ2) is 11.1. The molecule has 1 fully saturated rings. The van der Waals surface area contributed by atoms with Gasteiger partial charge in [-0.25, -0.2) is 9.37 Å². The summed E-state index contributed by atoms with van der Waals surface area (Å²) in [5, 5.41) is 15.0. The lowest BCUT2D eigenvalue weighted by atomic mass is 9.88. The summed E-state index contributed by atoms with van der Waals surface area (Å²) in [6, 6.07) is 4.28. The second-order valence-electron chi connectivity index (χ2n) is 10.6. The number of aliphatic carboxylic acids is 1. The Hall–Kier alpha value is -3.57. The van der Waals surface area contributed by atoms with Crippen molar-refractivity contribution in [3.8, 4) is 16.5 Å². The van der Waals surface area contributed by atoms with E-state index in [1.807, 2.05) is 0 Å². The van der Waals surface area contributed by atoms with Crippen LogP contribution in [0.4, 0.5) is 4.39 Å². The van der Waals surface area contributed by atoms with Gasteiger partial charge in [-0.1, -0.05) is 19.3 Å². The van der Waals surface area contributed by atoms with Crippen molar-refractivity contribution in [2.45, 2.75) is 77.0 Å². The third kappa shape index (κ3) is 5.15. The zero-order chi connectivity index (χ0) is 28.6. The molecule has 5 rings (SSSR count). The molecule has 1 aliphatic carbocycles. The Bertz CT molecular complexity index is 1590. The molecule has 212 valence electrons. The number of thiophene rings is 1. The lowest BCUT2D eigenvalue weighted by Gasteiger charge is -2.29. The minimum atomic E-state index is -1.57. The van der Waals surface area contributed by atoms with Crippen molar-refractivity contribution in [2.75, 3.05) is 7.11 Å². The standard InChI is InChI=1S/C29H32FN3O6S/c1-16-22-23(34)25(29(2,3)28(35)36)32-33(27(22)40-24(16)26-31-12-13-38-26)15-21(39-18-8-6-5-7-9-18)19-14-17(30)10-11-20(19)37-4/h10-14,18,21H,5-9,15H2,1-4H3,(H,35,36)/t21-/m0/s1. The number of carboxylic acids is 1. The molecule has 3 heterocycles. The first-order chi connectivity index (χ1) is 19.1. The van der Waals surface area contributed by atoms with Gasteiger partial charge >= 0.3 is 5.97 Å². The maximum Gasteiger partial charge on any atom is 0.315 e. The van der Waals surface area contributed by atoms with Crippen molar-refractivity contribution in [1.29, 1.82) is 0 Å². The molecule has 1 N–H and O–H groups in total. The molecule has 40 heavy (non-hydrogen) atoms. The smallest absolute Gasteiger partial charge is 0.315 e. The maximum atomic E-state index is 14.5. The van der Waals surface area contributed by atoms with Gasteiger partial charge in [-0.3, -0.25) is 14.3 Å². The molecule has 9 nitrogen and oxygen atoms in total. The molecule has 4 aromatic rings. The molecule has 0 bridgehead atoms. The third-order valence-electron chi connectivity index (χ3n) is 7.57. The number of halogens is 1. The molecular formula is C29H32FN3O6S. The highest BCUT2D eigenvalue weighted by Gasteiger charge is 2.37. The number of aromatic nitrogens is 3. The van der Waals surface area contributed by atoms with E-state index < -0.39 is 28.7 Å². The van der Waals surface area contributed by atoms with E-state index in [0.717, 1.165) is 32.1 Å². The van der Waals surface area contributed by atoms with E-state index in [4.69, 9.17) is 13.9 Å². The fraction of sp³-hybridized carbons (Fsp3) is 0.448. The number of methoxy groups -OCH3 is 1. The highest BCUT2D eigenvalue weighted by Crippen LogP contribution is 2.39. The highest BCUT2D eigenvalue weighted by atomic mass is 32.1. The number of carbonyl (C=O) groups is 1. The molecule has 0 aliphatic heterocycles. The number of oxazole rings is 1. The van der Waals surface area contributed by atoms with Gasteiger partial charge < -0.3 is 19.0 Å². The van der Waals surface area contributed by atoms with Crippen molar-refractivity contribution in [3.05, 3.63) is 63.5 Å². The molecule has 0 spiro atoms. The minimum Gasteiger partial charge on any atom is -0.496 e. The van der Waals surface area contributed by atoms with Gasteiger partial charge in [0.1, 0.15) is 39.9 Å². The van der Waals surface area contributed by atoms with Gasteiger partial charge in [0.15, 0.2) is 0 Å². The quantitative estimate of drug-likeness (QED) is 0.260. The van der Waals surface area contributed by atoms with Gasteiger partial charge in [0, 0.05) is 5.56 Å². The minimum absolute atomic E-state index is 0.0375. The van der Waals surface area contributed by atoms with E-state index in [0.29, 0.717) is 37.9 Å². The van der Waals surface area contributed by atoms with Crippen molar-refractivity contribution in [2.24, 2.45) is 0 Å². The van der Waals surface area contributed by atoms with Crippen molar-refractivity contribution in [3.63, 3.8) is 0 Å². The van der Waals surface area contributed by atoms with E-state index in [1.54, 1.807) is 17.7 Å². The zero-order valence-corrected chi connectivity index (χ0v) is 23.7. The molecule has 1 aliphatic rings. The van der Waals surface area contributed by atoms with Crippen LogP contribution in [0.15, 0.2) is 39.9 Å². The largest absolute Gasteiger partial charge is 0.496 e. The van der Waals surface area contributed by atoms with Crippen LogP contribution < -0.4 is 10.2 Å². The average molecular weight is 570 g/mol. The first kappa shape index (κ1) is 28.0. The number of nitrogens with zero attached hydrogens (tertiary/aromatic N) is 3. The normalized spacial score (nSPS) is 15.4. The lowest BCUT2D eigenvalue weighted by molar-refractivity contribution is -0.142. The summed E-state index contributed by atoms with van der Waals surface area (Å²) in [4.78, 5) is 31.4. The van der Waals surface area contributed by atoms with Gasteiger partial charge in [0.25, 0.3) is 0 Å². The number of hydrogen-bond acceptors (Lipinski definition) is 8. The van der Waals surface area contributed by atoms with E-state index in [9.17, 15) is 19.1 Å². The molecule has 0 amide bonds. The topological polar surface area (TPSA) is 117 Å². The van der Waals surface area contributed by atoms with Gasteiger partial charge in [-0.15, -0.1) is 11.3 Å². The number of benzene rings is 1. The molecule has 0 radical (unpaired) electrons. The molecule has 1 saturated carbocycles. The first-order valence-electron chi connectivity index (χ1n) is 13.3. The van der Waals surface area contributed by atoms with Gasteiger partial charge in [0.2, 0.25) is 11.3 Å². The Morgan fingerprint density at radius 2 is 2.05 bits per heavy atom. The maximum absolute atomic E-state index is 14.5. The highest BCUT2D eigenvalue weighted by molar-refractivity contribution is 7.22. The predicted molar refractivity (Wildman–Crippen MR) is 148 cm³/mol. The summed E-state index contributed by atoms with van der Waals surface area (Å²) in [6.07, 6.45) is 7.23. The number of aryl methyl sites for hydroxylation is 1. The Balaban J connectivity index is 1.72. The molecule has 1 atom stereocenters. The summed E-state index contributed by atoms with van der Waals surface area (Å²) < 4.78 is 33.9. The summed E-state index contributed by atoms with van der Waals surface area (Å²) in [6.45, 7) is 4.79. The van der Waals surface area contributed by atoms with E-state index in [1.165, 1.54) is 56.9 Å². The summed E-state index contributed by atoms with van der Waals surface area (Å²) in [5.74, 6) is -0.790. The first-order valence-corrected chi connectivity index (χ1v) is 14.1. The monoisotopic (exact) mass is 569 g/mol. The van der Waals surface area contributed by atoms with Gasteiger partial charge in [-0.2, -0.15) is 5.10 Å². The molecule has 11 heteroatoms. The Labute approximate surface area is 234 Å². The molecule has 0 saturated heterocycles. The van der Waals surface area contributed by atoms with Crippen LogP contribution in [-0.4, -0.2) is 39.1 Å². The molecule has 3 aromatic heterocycles. The molecular weight excluding hydrogens is 537 g/mol. The SMILES string of the molecule is COc1ccc(F)cc1[C@H](Cn1nc(C(C)(C)C(=O)O)c(=O)c2c(C)c(-c3ncco3)sc21)OC1CCCCC1. The number of carboxylic acid groups (broad SMARTS) is 1. The molecule has 0 unspecified atom stereocenters. The molecule has 1 aromatic carbocycles. The van der Waals surface area contributed by atoms with Crippen LogP contribution in [0, 0.1) is 12.7 Å². The lowest BCUT2D eigenvalue weighted by Crippen LogP contribution is -2.37. The fourth-order valence-electron chi connectivity index (χ4n) is 5.21. The Morgan fingerprint density at radius 1 is 1.30 bits per heavy atom. The number of fused-ring (bicyclic) bond motifs is 1. The van der Waals surface area contributed by atoms with Crippen LogP contribution >= 0.6 is 11.3 Å². The third-order valence-corrected chi connectivity index (χ3v) is 8.86. The van der Waals surface area contributed by atoms with E-state index in [2.05, 4.69) is 10.1 Å². The van der Waals surface area contributed by atoms with Crippen molar-refractivity contribution in [1.82, 2.24) is 14.8 Å². The predicted octanol–water partition coefficient (Wildman–Crippen LogP) is 6.02. The van der Waals surface area contributed by atoms with Crippen LogP contribution in [0.5, 0.6) is 5.75 Å². The average Bonchev–Trinajstić information content (AvgIpc) is 3.58. The Morgan fingerprint density at radius 3 is 2.70 bits per heavy atom. The summed E-state index contributed by atoms with van der Waals surface area (Å²) >= 11 is 1.28. The Kier molecular flexibility index (Phi) is 7.78. The zero-order valence-electron chi connectivity index (χ0n) is 22.9. The number of rotatable bonds is 9. The van der Waals surface area contributed by atoms with Crippen molar-refractivity contribution >= 4 is 27.5 Å². The van der Waals surface area contributed by atoms with Crippen LogP contribution in [0.25, 0.3) is 21.0 Å².